The summed E-state index contributed by atoms with van der Waals surface area (Å²) in [5.41, 5.74) is 7.83. The number of hydrogen-bond donors (Lipinski definition) is 1. The van der Waals surface area contributed by atoms with Gasteiger partial charge < -0.3 is 19.9 Å². The van der Waals surface area contributed by atoms with Crippen LogP contribution in [0.2, 0.25) is 0 Å². The van der Waals surface area contributed by atoms with E-state index in [9.17, 15) is 0 Å². The lowest BCUT2D eigenvalue weighted by molar-refractivity contribution is -0.0447. The van der Waals surface area contributed by atoms with Gasteiger partial charge in [-0.15, -0.1) is 0 Å². The predicted molar refractivity (Wildman–Crippen MR) is 74.1 cm³/mol. The molecule has 0 aliphatic carbocycles. The number of nitrogens with two attached hydrogens (primary N) is 1. The van der Waals surface area contributed by atoms with Gasteiger partial charge in [0.15, 0.2) is 0 Å². The van der Waals surface area contributed by atoms with Crippen molar-refractivity contribution in [1.29, 1.82) is 0 Å². The Balaban J connectivity index is 1.81. The van der Waals surface area contributed by atoms with Crippen LogP contribution in [0.4, 0.5) is 0 Å². The first kappa shape index (κ1) is 14.3. The van der Waals surface area contributed by atoms with E-state index in [2.05, 4.69) is 0 Å². The molecule has 0 bridgehead atoms. The lowest BCUT2D eigenvalue weighted by Gasteiger charge is -2.22. The van der Waals surface area contributed by atoms with Gasteiger partial charge in [-0.3, -0.25) is 0 Å². The maximum absolute atomic E-state index is 5.73. The standard InChI is InChI=1S/C15H23NO3/c1-17-15-6-5-12(8-13(15)9-16)10-18-11-14-4-2-3-7-19-14/h5-6,8,14H,2-4,7,9-11,16H2,1H3. The fourth-order valence-corrected chi connectivity index (χ4v) is 2.33. The van der Waals surface area contributed by atoms with E-state index in [-0.39, 0.29) is 6.10 Å². The second-order valence-electron chi connectivity index (χ2n) is 4.85. The minimum Gasteiger partial charge on any atom is -0.496 e. The Labute approximate surface area is 114 Å². The van der Waals surface area contributed by atoms with E-state index in [0.29, 0.717) is 19.8 Å². The molecule has 1 fully saturated rings. The summed E-state index contributed by atoms with van der Waals surface area (Å²) in [5, 5.41) is 0. The van der Waals surface area contributed by atoms with Crippen molar-refractivity contribution >= 4 is 0 Å². The highest BCUT2D eigenvalue weighted by Gasteiger charge is 2.13. The number of rotatable bonds is 6. The summed E-state index contributed by atoms with van der Waals surface area (Å²) in [6.45, 7) is 2.61. The molecule has 0 amide bonds. The molecule has 4 nitrogen and oxygen atoms in total. The third kappa shape index (κ3) is 4.20. The maximum Gasteiger partial charge on any atom is 0.123 e. The van der Waals surface area contributed by atoms with Gasteiger partial charge in [-0.05, 0) is 37.0 Å². The first-order valence-electron chi connectivity index (χ1n) is 6.88. The van der Waals surface area contributed by atoms with E-state index in [1.54, 1.807) is 7.11 Å². The molecule has 19 heavy (non-hydrogen) atoms. The molecule has 0 aromatic heterocycles. The Hall–Kier alpha value is -1.10. The molecule has 1 atom stereocenters. The molecule has 0 saturated carbocycles. The van der Waals surface area contributed by atoms with Gasteiger partial charge in [0.2, 0.25) is 0 Å². The Bertz CT molecular complexity index is 389. The first-order chi connectivity index (χ1) is 9.33. The van der Waals surface area contributed by atoms with Crippen molar-refractivity contribution < 1.29 is 14.2 Å². The average Bonchev–Trinajstić information content (AvgIpc) is 2.48. The predicted octanol–water partition coefficient (Wildman–Crippen LogP) is 2.24. The van der Waals surface area contributed by atoms with Crippen molar-refractivity contribution in [3.8, 4) is 5.75 Å². The summed E-state index contributed by atoms with van der Waals surface area (Å²) in [4.78, 5) is 0. The molecule has 1 aliphatic heterocycles. The molecule has 0 radical (unpaired) electrons. The zero-order valence-corrected chi connectivity index (χ0v) is 11.6. The van der Waals surface area contributed by atoms with Crippen molar-refractivity contribution in [3.63, 3.8) is 0 Å². The second kappa shape index (κ2) is 7.48. The summed E-state index contributed by atoms with van der Waals surface area (Å²) in [6.07, 6.45) is 3.79. The van der Waals surface area contributed by atoms with Crippen molar-refractivity contribution in [2.24, 2.45) is 5.73 Å². The molecule has 2 rings (SSSR count). The topological polar surface area (TPSA) is 53.7 Å². The van der Waals surface area contributed by atoms with Gasteiger partial charge in [-0.1, -0.05) is 6.07 Å². The maximum atomic E-state index is 5.73. The fourth-order valence-electron chi connectivity index (χ4n) is 2.33. The summed E-state index contributed by atoms with van der Waals surface area (Å²) >= 11 is 0. The van der Waals surface area contributed by atoms with E-state index >= 15 is 0 Å². The monoisotopic (exact) mass is 265 g/mol. The average molecular weight is 265 g/mol. The third-order valence-corrected chi connectivity index (χ3v) is 3.41. The van der Waals surface area contributed by atoms with Crippen molar-refractivity contribution in [1.82, 2.24) is 0 Å². The van der Waals surface area contributed by atoms with E-state index in [0.717, 1.165) is 29.9 Å². The summed E-state index contributed by atoms with van der Waals surface area (Å²) in [7, 11) is 1.66. The largest absolute Gasteiger partial charge is 0.496 e. The number of ether oxygens (including phenoxy) is 3. The quantitative estimate of drug-likeness (QED) is 0.857. The minimum absolute atomic E-state index is 0.265. The highest BCUT2D eigenvalue weighted by Crippen LogP contribution is 2.20. The molecule has 106 valence electrons. The highest BCUT2D eigenvalue weighted by atomic mass is 16.5. The minimum atomic E-state index is 0.265. The van der Waals surface area contributed by atoms with Crippen LogP contribution in [0.25, 0.3) is 0 Å². The Kier molecular flexibility index (Phi) is 5.63. The van der Waals surface area contributed by atoms with Gasteiger partial charge in [-0.2, -0.15) is 0 Å². The molecule has 0 spiro atoms. The molecule has 2 N–H and O–H groups in total. The third-order valence-electron chi connectivity index (χ3n) is 3.41. The summed E-state index contributed by atoms with van der Waals surface area (Å²) in [5.74, 6) is 0.835. The van der Waals surface area contributed by atoms with E-state index < -0.39 is 0 Å². The highest BCUT2D eigenvalue weighted by molar-refractivity contribution is 5.36. The summed E-state index contributed by atoms with van der Waals surface area (Å²) < 4.78 is 16.6. The fraction of sp³-hybridized carbons (Fsp3) is 0.600. The van der Waals surface area contributed by atoms with Crippen LogP contribution < -0.4 is 10.5 Å². The van der Waals surface area contributed by atoms with Crippen LogP contribution >= 0.6 is 0 Å². The van der Waals surface area contributed by atoms with Crippen LogP contribution in [0, 0.1) is 0 Å². The van der Waals surface area contributed by atoms with E-state index in [1.807, 2.05) is 18.2 Å². The molecular formula is C15H23NO3. The van der Waals surface area contributed by atoms with Gasteiger partial charge in [-0.25, -0.2) is 0 Å². The zero-order chi connectivity index (χ0) is 13.5. The molecule has 1 unspecified atom stereocenters. The number of hydrogen-bond acceptors (Lipinski definition) is 4. The van der Waals surface area contributed by atoms with Crippen LogP contribution in [0.3, 0.4) is 0 Å². The van der Waals surface area contributed by atoms with Crippen molar-refractivity contribution in [2.75, 3.05) is 20.3 Å². The molecule has 1 aromatic carbocycles. The van der Waals surface area contributed by atoms with Crippen LogP contribution in [0.15, 0.2) is 18.2 Å². The second-order valence-corrected chi connectivity index (χ2v) is 4.85. The molecule has 1 aromatic rings. The lowest BCUT2D eigenvalue weighted by atomic mass is 10.1. The Morgan fingerprint density at radius 2 is 2.26 bits per heavy atom. The van der Waals surface area contributed by atoms with Gasteiger partial charge in [0.25, 0.3) is 0 Å². The normalized spacial score (nSPS) is 19.4. The molecule has 1 saturated heterocycles. The SMILES string of the molecule is COc1ccc(COCC2CCCCO2)cc1CN. The lowest BCUT2D eigenvalue weighted by Crippen LogP contribution is -2.24. The van der Waals surface area contributed by atoms with Crippen LogP contribution in [-0.4, -0.2) is 26.4 Å². The van der Waals surface area contributed by atoms with Crippen LogP contribution in [-0.2, 0) is 22.6 Å². The van der Waals surface area contributed by atoms with E-state index in [1.165, 1.54) is 12.8 Å². The first-order valence-corrected chi connectivity index (χ1v) is 6.88. The smallest absolute Gasteiger partial charge is 0.123 e. The van der Waals surface area contributed by atoms with Crippen molar-refractivity contribution in [2.45, 2.75) is 38.5 Å². The molecule has 4 heteroatoms. The molecular weight excluding hydrogens is 242 g/mol. The summed E-state index contributed by atoms with van der Waals surface area (Å²) in [6, 6.07) is 6.00. The molecule has 1 aliphatic rings. The van der Waals surface area contributed by atoms with E-state index in [4.69, 9.17) is 19.9 Å². The van der Waals surface area contributed by atoms with Gasteiger partial charge >= 0.3 is 0 Å². The van der Waals surface area contributed by atoms with Gasteiger partial charge in [0.05, 0.1) is 26.4 Å². The van der Waals surface area contributed by atoms with Crippen LogP contribution in [0.1, 0.15) is 30.4 Å². The zero-order valence-electron chi connectivity index (χ0n) is 11.6. The van der Waals surface area contributed by atoms with Gasteiger partial charge in [0.1, 0.15) is 5.75 Å². The van der Waals surface area contributed by atoms with Crippen molar-refractivity contribution in [3.05, 3.63) is 29.3 Å². The number of methoxy groups -OCH3 is 1. The Morgan fingerprint density at radius 1 is 1.37 bits per heavy atom. The molecule has 1 heterocycles. The van der Waals surface area contributed by atoms with Crippen LogP contribution in [0.5, 0.6) is 5.75 Å². The Morgan fingerprint density at radius 3 is 2.95 bits per heavy atom. The van der Waals surface area contributed by atoms with Gasteiger partial charge in [0, 0.05) is 18.7 Å². The number of benzene rings is 1.